The van der Waals surface area contributed by atoms with Crippen molar-refractivity contribution in [3.05, 3.63) is 71.3 Å². The van der Waals surface area contributed by atoms with Crippen LogP contribution in [0.4, 0.5) is 0 Å². The van der Waals surface area contributed by atoms with Crippen LogP contribution in [0.25, 0.3) is 0 Å². The molecule has 3 aliphatic heterocycles. The number of nitrogens with zero attached hydrogens (tertiary/aromatic N) is 4. The fourth-order valence-electron chi connectivity index (χ4n) is 7.11. The van der Waals surface area contributed by atoms with E-state index in [0.29, 0.717) is 48.9 Å². The quantitative estimate of drug-likeness (QED) is 0.522. The van der Waals surface area contributed by atoms with Gasteiger partial charge >= 0.3 is 0 Å². The lowest BCUT2D eigenvalue weighted by molar-refractivity contribution is -0.00728. The van der Waals surface area contributed by atoms with Gasteiger partial charge in [0.25, 0.3) is 0 Å². The number of ether oxygens (including phenoxy) is 3. The molecule has 0 bridgehead atoms. The lowest BCUT2D eigenvalue weighted by atomic mass is 9.75. The highest BCUT2D eigenvalue weighted by molar-refractivity contribution is 6.11. The Balaban J connectivity index is 1.75. The summed E-state index contributed by atoms with van der Waals surface area (Å²) in [5, 5.41) is 21.7. The summed E-state index contributed by atoms with van der Waals surface area (Å²) < 4.78 is 16.3. The zero-order valence-electron chi connectivity index (χ0n) is 23.1. The largest absolute Gasteiger partial charge is 0.497 e. The smallest absolute Gasteiger partial charge is 0.213 e. The molecule has 2 saturated heterocycles. The Labute approximate surface area is 230 Å². The monoisotopic (exact) mass is 526 g/mol. The molecular formula is C31H34N4O4. The number of carbonyl (C=O) groups excluding carboxylic acids is 1. The van der Waals surface area contributed by atoms with Gasteiger partial charge in [0.2, 0.25) is 5.54 Å². The molecule has 0 amide bonds. The van der Waals surface area contributed by atoms with Gasteiger partial charge in [-0.05, 0) is 55.8 Å². The molecule has 39 heavy (non-hydrogen) atoms. The van der Waals surface area contributed by atoms with E-state index in [1.54, 1.807) is 38.5 Å². The zero-order chi connectivity index (χ0) is 28.0. The van der Waals surface area contributed by atoms with E-state index in [-0.39, 0.29) is 11.7 Å². The van der Waals surface area contributed by atoms with Crippen LogP contribution in [0.5, 0.6) is 11.5 Å². The average Bonchev–Trinajstić information content (AvgIpc) is 3.37. The van der Waals surface area contributed by atoms with Crippen molar-refractivity contribution in [1.29, 1.82) is 10.5 Å². The zero-order valence-corrected chi connectivity index (χ0v) is 23.1. The summed E-state index contributed by atoms with van der Waals surface area (Å²) in [7, 11) is 3.20. The molecule has 2 fully saturated rings. The van der Waals surface area contributed by atoms with Crippen LogP contribution in [0, 0.1) is 28.6 Å². The number of rotatable bonds is 6. The third-order valence-electron chi connectivity index (χ3n) is 8.83. The van der Waals surface area contributed by atoms with E-state index in [2.05, 4.69) is 24.0 Å². The minimum atomic E-state index is -1.52. The molecule has 8 nitrogen and oxygen atoms in total. The first-order chi connectivity index (χ1) is 18.7. The van der Waals surface area contributed by atoms with E-state index in [4.69, 9.17) is 14.2 Å². The van der Waals surface area contributed by atoms with Gasteiger partial charge in [-0.3, -0.25) is 9.69 Å². The van der Waals surface area contributed by atoms with Crippen molar-refractivity contribution in [3.63, 3.8) is 0 Å². The molecule has 3 heterocycles. The molecule has 0 spiro atoms. The highest BCUT2D eigenvalue weighted by Crippen LogP contribution is 2.62. The molecule has 0 saturated carbocycles. The maximum Gasteiger partial charge on any atom is 0.213 e. The summed E-state index contributed by atoms with van der Waals surface area (Å²) in [6.07, 6.45) is 2.02. The normalized spacial score (nSPS) is 27.6. The minimum absolute atomic E-state index is 0.134. The van der Waals surface area contributed by atoms with E-state index in [0.717, 1.165) is 5.56 Å². The number of fused-ring (bicyclic) bond motifs is 1. The Bertz CT molecular complexity index is 1350. The van der Waals surface area contributed by atoms with Crippen molar-refractivity contribution >= 4 is 5.78 Å². The third-order valence-corrected chi connectivity index (χ3v) is 8.83. The van der Waals surface area contributed by atoms with E-state index in [9.17, 15) is 15.3 Å². The van der Waals surface area contributed by atoms with Crippen LogP contribution in [0.1, 0.15) is 36.7 Å². The number of Topliss-reactive ketones (excluding diaryl/α,β-unsaturated/α-hetero) is 1. The molecule has 3 aliphatic rings. The highest BCUT2D eigenvalue weighted by Gasteiger charge is 2.73. The second-order valence-corrected chi connectivity index (χ2v) is 10.9. The number of nitriles is 2. The van der Waals surface area contributed by atoms with Crippen LogP contribution in [0.3, 0.4) is 0 Å². The van der Waals surface area contributed by atoms with Gasteiger partial charge in [-0.1, -0.05) is 25.1 Å². The van der Waals surface area contributed by atoms with Crippen LogP contribution < -0.4 is 9.47 Å². The summed E-state index contributed by atoms with van der Waals surface area (Å²) in [6.45, 7) is 8.36. The maximum atomic E-state index is 14.1. The Hall–Kier alpha value is -3.69. The number of morpholine rings is 1. The van der Waals surface area contributed by atoms with E-state index in [1.807, 2.05) is 49.1 Å². The van der Waals surface area contributed by atoms with Gasteiger partial charge in [0.15, 0.2) is 5.78 Å². The molecule has 0 unspecified atom stereocenters. The van der Waals surface area contributed by atoms with Gasteiger partial charge in [0, 0.05) is 35.7 Å². The minimum Gasteiger partial charge on any atom is -0.497 e. The predicted octanol–water partition coefficient (Wildman–Crippen LogP) is 3.94. The molecular weight excluding hydrogens is 492 g/mol. The fraction of sp³-hybridized carbons (Fsp3) is 0.452. The molecule has 2 aromatic rings. The second-order valence-electron chi connectivity index (χ2n) is 10.9. The molecule has 8 heteroatoms. The first-order valence-electron chi connectivity index (χ1n) is 13.2. The van der Waals surface area contributed by atoms with Gasteiger partial charge in [-0.2, -0.15) is 10.5 Å². The number of carbonyl (C=O) groups is 1. The molecule has 0 N–H and O–H groups in total. The highest BCUT2D eigenvalue weighted by atomic mass is 16.5. The fourth-order valence-corrected chi connectivity index (χ4v) is 7.11. The first kappa shape index (κ1) is 26.9. The van der Waals surface area contributed by atoms with Crippen molar-refractivity contribution < 1.29 is 19.0 Å². The summed E-state index contributed by atoms with van der Waals surface area (Å²) in [5.41, 5.74) is -1.34. The van der Waals surface area contributed by atoms with Crippen LogP contribution in [0.2, 0.25) is 0 Å². The predicted molar refractivity (Wildman–Crippen MR) is 145 cm³/mol. The molecule has 5 rings (SSSR count). The molecule has 0 radical (unpaired) electrons. The van der Waals surface area contributed by atoms with Gasteiger partial charge in [-0.15, -0.1) is 0 Å². The van der Waals surface area contributed by atoms with Crippen LogP contribution in [0.15, 0.2) is 60.2 Å². The van der Waals surface area contributed by atoms with E-state index < -0.39 is 22.7 Å². The lowest BCUT2D eigenvalue weighted by Gasteiger charge is -2.46. The Kier molecular flexibility index (Phi) is 6.76. The van der Waals surface area contributed by atoms with Crippen molar-refractivity contribution in [2.24, 2.45) is 5.92 Å². The SMILES string of the molecule is COc1ccc(C(=O)C2=C[C@]3(c4ccc(OC)cc4)[C@H](C)[C@H](N4CCOCC4)C(C#N)(C#N)N3C2(C)C)cc1. The third kappa shape index (κ3) is 3.78. The molecule has 0 aromatic heterocycles. The standard InChI is InChI=1S/C31H34N4O4/c1-21-28(34-14-16-39-17-15-34)30(19-32,20-33)35-29(2,3)26(27(36)22-6-10-24(37-4)11-7-22)18-31(21,35)23-8-12-25(38-5)13-9-23/h6-13,18,21,28H,14-17H2,1-5H3/t21-,28+,31-/m1/s1. The van der Waals surface area contributed by atoms with Crippen molar-refractivity contribution in [1.82, 2.24) is 9.80 Å². The van der Waals surface area contributed by atoms with E-state index >= 15 is 0 Å². The van der Waals surface area contributed by atoms with Crippen molar-refractivity contribution in [2.75, 3.05) is 40.5 Å². The number of benzene rings is 2. The number of hydrogen-bond acceptors (Lipinski definition) is 8. The number of ketones is 1. The maximum absolute atomic E-state index is 14.1. The Morgan fingerprint density at radius 1 is 0.949 bits per heavy atom. The molecule has 202 valence electrons. The second kappa shape index (κ2) is 9.81. The van der Waals surface area contributed by atoms with Gasteiger partial charge < -0.3 is 14.2 Å². The van der Waals surface area contributed by atoms with Gasteiger partial charge in [0.1, 0.15) is 23.6 Å². The Morgan fingerprint density at radius 2 is 1.49 bits per heavy atom. The summed E-state index contributed by atoms with van der Waals surface area (Å²) >= 11 is 0. The van der Waals surface area contributed by atoms with Crippen LogP contribution in [-0.4, -0.2) is 73.2 Å². The van der Waals surface area contributed by atoms with E-state index in [1.165, 1.54) is 0 Å². The Morgan fingerprint density at radius 3 is 2.00 bits per heavy atom. The molecule has 3 atom stereocenters. The number of methoxy groups -OCH3 is 2. The van der Waals surface area contributed by atoms with Crippen LogP contribution in [-0.2, 0) is 10.3 Å². The average molecular weight is 527 g/mol. The first-order valence-corrected chi connectivity index (χ1v) is 13.2. The summed E-state index contributed by atoms with van der Waals surface area (Å²) in [6, 6.07) is 19.3. The van der Waals surface area contributed by atoms with Gasteiger partial charge in [0.05, 0.1) is 39.0 Å². The van der Waals surface area contributed by atoms with Crippen molar-refractivity contribution in [2.45, 2.75) is 43.4 Å². The summed E-state index contributed by atoms with van der Waals surface area (Å²) in [5.74, 6) is 1.03. The van der Waals surface area contributed by atoms with Gasteiger partial charge in [-0.25, -0.2) is 4.90 Å². The topological polar surface area (TPSA) is 98.8 Å². The lowest BCUT2D eigenvalue weighted by Crippen LogP contribution is -2.63. The molecule has 0 aliphatic carbocycles. The van der Waals surface area contributed by atoms with Crippen LogP contribution >= 0.6 is 0 Å². The van der Waals surface area contributed by atoms with Crippen molar-refractivity contribution in [3.8, 4) is 23.6 Å². The summed E-state index contributed by atoms with van der Waals surface area (Å²) in [4.78, 5) is 18.3. The number of hydrogen-bond donors (Lipinski definition) is 0. The molecule has 2 aromatic carbocycles.